The Hall–Kier alpha value is -1.29. The lowest BCUT2D eigenvalue weighted by molar-refractivity contribution is 0.386. The molecule has 1 unspecified atom stereocenters. The summed E-state index contributed by atoms with van der Waals surface area (Å²) in [5.41, 5.74) is 6.54. The van der Waals surface area contributed by atoms with Crippen LogP contribution < -0.4 is 15.4 Å². The Bertz CT molecular complexity index is 370. The van der Waals surface area contributed by atoms with E-state index in [1.54, 1.807) is 6.07 Å². The van der Waals surface area contributed by atoms with Crippen LogP contribution in [0.1, 0.15) is 6.42 Å². The molecule has 2 N–H and O–H groups in total. The van der Waals surface area contributed by atoms with Gasteiger partial charge in [0.1, 0.15) is 0 Å². The van der Waals surface area contributed by atoms with E-state index in [0.29, 0.717) is 18.2 Å². The van der Waals surface area contributed by atoms with Gasteiger partial charge in [0, 0.05) is 24.8 Å². The normalized spacial score (nSPS) is 20.2. The van der Waals surface area contributed by atoms with E-state index >= 15 is 0 Å². The van der Waals surface area contributed by atoms with E-state index in [1.807, 2.05) is 6.07 Å². The van der Waals surface area contributed by atoms with Crippen molar-refractivity contribution >= 4 is 5.69 Å². The molecule has 0 spiro atoms. The second kappa shape index (κ2) is 4.70. The van der Waals surface area contributed by atoms with Crippen molar-refractivity contribution < 1.29 is 9.13 Å². The highest BCUT2D eigenvalue weighted by Crippen LogP contribution is 2.27. The number of hydrogen-bond acceptors (Lipinski definition) is 3. The molecule has 1 aromatic carbocycles. The lowest BCUT2D eigenvalue weighted by Gasteiger charge is -2.19. The molecule has 0 radical (unpaired) electrons. The molecular formula is C12H17FN2O. The van der Waals surface area contributed by atoms with Gasteiger partial charge in [-0.15, -0.1) is 0 Å². The zero-order valence-corrected chi connectivity index (χ0v) is 9.45. The van der Waals surface area contributed by atoms with E-state index in [4.69, 9.17) is 10.5 Å². The molecule has 4 heteroatoms. The first-order valence-electron chi connectivity index (χ1n) is 5.53. The largest absolute Gasteiger partial charge is 0.494 e. The maximum atomic E-state index is 13.5. The Morgan fingerprint density at radius 2 is 2.38 bits per heavy atom. The van der Waals surface area contributed by atoms with E-state index < -0.39 is 0 Å². The number of methoxy groups -OCH3 is 1. The third kappa shape index (κ3) is 2.11. The van der Waals surface area contributed by atoms with Crippen molar-refractivity contribution in [1.29, 1.82) is 0 Å². The molecule has 0 aromatic heterocycles. The van der Waals surface area contributed by atoms with Gasteiger partial charge >= 0.3 is 0 Å². The zero-order chi connectivity index (χ0) is 11.5. The summed E-state index contributed by atoms with van der Waals surface area (Å²) in [6.45, 7) is 2.57. The average Bonchev–Trinajstić information content (AvgIpc) is 2.77. The minimum atomic E-state index is -0.309. The second-order valence-corrected chi connectivity index (χ2v) is 4.16. The highest BCUT2D eigenvalue weighted by Gasteiger charge is 2.21. The van der Waals surface area contributed by atoms with Gasteiger partial charge in [-0.2, -0.15) is 0 Å². The SMILES string of the molecule is COc1ccc(N2CCC(CN)C2)cc1F. The number of nitrogens with two attached hydrogens (primary N) is 1. The molecule has 1 saturated heterocycles. The maximum Gasteiger partial charge on any atom is 0.167 e. The van der Waals surface area contributed by atoms with Crippen molar-refractivity contribution in [3.63, 3.8) is 0 Å². The third-order valence-corrected chi connectivity index (χ3v) is 3.12. The predicted octanol–water partition coefficient (Wildman–Crippen LogP) is 1.62. The highest BCUT2D eigenvalue weighted by atomic mass is 19.1. The first-order chi connectivity index (χ1) is 7.74. The van der Waals surface area contributed by atoms with Crippen LogP contribution in [0.4, 0.5) is 10.1 Å². The van der Waals surface area contributed by atoms with Gasteiger partial charge in [-0.05, 0) is 31.0 Å². The van der Waals surface area contributed by atoms with Gasteiger partial charge in [-0.1, -0.05) is 0 Å². The van der Waals surface area contributed by atoms with Crippen LogP contribution in [0, 0.1) is 11.7 Å². The van der Waals surface area contributed by atoms with Crippen LogP contribution in [0.15, 0.2) is 18.2 Å². The van der Waals surface area contributed by atoms with Gasteiger partial charge in [0.2, 0.25) is 0 Å². The first-order valence-corrected chi connectivity index (χ1v) is 5.53. The van der Waals surface area contributed by atoms with Crippen LogP contribution in [-0.2, 0) is 0 Å². The van der Waals surface area contributed by atoms with Crippen molar-refractivity contribution in [3.05, 3.63) is 24.0 Å². The molecule has 0 bridgehead atoms. The lowest BCUT2D eigenvalue weighted by atomic mass is 10.1. The van der Waals surface area contributed by atoms with E-state index in [1.165, 1.54) is 13.2 Å². The van der Waals surface area contributed by atoms with Crippen LogP contribution >= 0.6 is 0 Å². The molecule has 0 aliphatic carbocycles. The number of benzene rings is 1. The quantitative estimate of drug-likeness (QED) is 0.848. The molecule has 0 amide bonds. The third-order valence-electron chi connectivity index (χ3n) is 3.12. The van der Waals surface area contributed by atoms with E-state index in [9.17, 15) is 4.39 Å². The highest BCUT2D eigenvalue weighted by molar-refractivity contribution is 5.50. The number of ether oxygens (including phenoxy) is 1. The molecule has 3 nitrogen and oxygen atoms in total. The molecule has 16 heavy (non-hydrogen) atoms. The molecule has 2 rings (SSSR count). The summed E-state index contributed by atoms with van der Waals surface area (Å²) in [6, 6.07) is 5.08. The summed E-state index contributed by atoms with van der Waals surface area (Å²) < 4.78 is 18.4. The Labute approximate surface area is 95.0 Å². The van der Waals surface area contributed by atoms with Gasteiger partial charge in [0.15, 0.2) is 11.6 Å². The van der Waals surface area contributed by atoms with Gasteiger partial charge in [0.25, 0.3) is 0 Å². The topological polar surface area (TPSA) is 38.5 Å². The fourth-order valence-electron chi connectivity index (χ4n) is 2.11. The fraction of sp³-hybridized carbons (Fsp3) is 0.500. The molecule has 88 valence electrons. The molecule has 0 saturated carbocycles. The molecule has 1 aliphatic rings. The van der Waals surface area contributed by atoms with Crippen LogP contribution in [-0.4, -0.2) is 26.7 Å². The van der Waals surface area contributed by atoms with Crippen LogP contribution in [0.5, 0.6) is 5.75 Å². The Kier molecular flexibility index (Phi) is 3.29. The Morgan fingerprint density at radius 3 is 2.94 bits per heavy atom. The Balaban J connectivity index is 2.13. The van der Waals surface area contributed by atoms with Crippen LogP contribution in [0.25, 0.3) is 0 Å². The molecular weight excluding hydrogens is 207 g/mol. The minimum absolute atomic E-state index is 0.290. The fourth-order valence-corrected chi connectivity index (χ4v) is 2.11. The van der Waals surface area contributed by atoms with Crippen molar-refractivity contribution in [2.75, 3.05) is 31.6 Å². The zero-order valence-electron chi connectivity index (χ0n) is 9.45. The molecule has 1 aliphatic heterocycles. The van der Waals surface area contributed by atoms with Crippen molar-refractivity contribution in [1.82, 2.24) is 0 Å². The van der Waals surface area contributed by atoms with E-state index in [0.717, 1.165) is 25.2 Å². The van der Waals surface area contributed by atoms with Gasteiger partial charge in [-0.25, -0.2) is 4.39 Å². The van der Waals surface area contributed by atoms with Crippen LogP contribution in [0.3, 0.4) is 0 Å². The number of nitrogens with zero attached hydrogens (tertiary/aromatic N) is 1. The summed E-state index contributed by atoms with van der Waals surface area (Å²) >= 11 is 0. The van der Waals surface area contributed by atoms with Gasteiger partial charge in [0.05, 0.1) is 7.11 Å². The van der Waals surface area contributed by atoms with E-state index in [2.05, 4.69) is 4.90 Å². The summed E-state index contributed by atoms with van der Waals surface area (Å²) in [6.07, 6.45) is 1.09. The molecule has 1 fully saturated rings. The number of hydrogen-bond donors (Lipinski definition) is 1. The maximum absolute atomic E-state index is 13.5. The molecule has 1 heterocycles. The summed E-state index contributed by atoms with van der Waals surface area (Å²) in [5.74, 6) is 0.514. The smallest absolute Gasteiger partial charge is 0.167 e. The number of halogens is 1. The van der Waals surface area contributed by atoms with Crippen LogP contribution in [0.2, 0.25) is 0 Å². The van der Waals surface area contributed by atoms with Gasteiger partial charge in [-0.3, -0.25) is 0 Å². The lowest BCUT2D eigenvalue weighted by Crippen LogP contribution is -2.22. The first kappa shape index (κ1) is 11.2. The predicted molar refractivity (Wildman–Crippen MR) is 62.3 cm³/mol. The van der Waals surface area contributed by atoms with Crippen molar-refractivity contribution in [2.24, 2.45) is 11.7 Å². The van der Waals surface area contributed by atoms with Gasteiger partial charge < -0.3 is 15.4 Å². The summed E-state index contributed by atoms with van der Waals surface area (Å²) in [4.78, 5) is 2.17. The minimum Gasteiger partial charge on any atom is -0.494 e. The van der Waals surface area contributed by atoms with Crippen molar-refractivity contribution in [2.45, 2.75) is 6.42 Å². The van der Waals surface area contributed by atoms with E-state index in [-0.39, 0.29) is 5.82 Å². The standard InChI is InChI=1S/C12H17FN2O/c1-16-12-3-2-10(6-11(12)13)15-5-4-9(7-14)8-15/h2-3,6,9H,4-5,7-8,14H2,1H3. The number of rotatable bonds is 3. The average molecular weight is 224 g/mol. The monoisotopic (exact) mass is 224 g/mol. The Morgan fingerprint density at radius 1 is 1.56 bits per heavy atom. The van der Waals surface area contributed by atoms with Crippen molar-refractivity contribution in [3.8, 4) is 5.75 Å². The number of anilines is 1. The molecule has 1 atom stereocenters. The second-order valence-electron chi connectivity index (χ2n) is 4.16. The molecule has 1 aromatic rings. The summed E-state index contributed by atoms with van der Waals surface area (Å²) in [7, 11) is 1.47. The summed E-state index contributed by atoms with van der Waals surface area (Å²) in [5, 5.41) is 0.